The van der Waals surface area contributed by atoms with Crippen LogP contribution >= 0.6 is 0 Å². The molecule has 1 fully saturated rings. The van der Waals surface area contributed by atoms with E-state index in [2.05, 4.69) is 33.4 Å². The van der Waals surface area contributed by atoms with E-state index in [1.807, 2.05) is 19.2 Å². The lowest BCUT2D eigenvalue weighted by molar-refractivity contribution is 0.317. The summed E-state index contributed by atoms with van der Waals surface area (Å²) in [6.07, 6.45) is 4.30. The molecule has 6 heteroatoms. The first-order chi connectivity index (χ1) is 10.5. The van der Waals surface area contributed by atoms with E-state index in [0.29, 0.717) is 17.5 Å². The Balaban J connectivity index is 1.81. The highest BCUT2D eigenvalue weighted by atomic mass is 16.1. The molecule has 1 aliphatic heterocycles. The topological polar surface area (TPSA) is 63.1 Å². The van der Waals surface area contributed by atoms with Gasteiger partial charge in [0.05, 0.1) is 5.69 Å². The molecular weight excluding hydrogens is 278 g/mol. The van der Waals surface area contributed by atoms with Gasteiger partial charge in [-0.05, 0) is 51.1 Å². The third-order valence-electron chi connectivity index (χ3n) is 4.14. The number of aryl methyl sites for hydroxylation is 2. The minimum Gasteiger partial charge on any atom is -0.336 e. The summed E-state index contributed by atoms with van der Waals surface area (Å²) in [5.74, 6) is 0.673. The molecule has 0 spiro atoms. The minimum atomic E-state index is -0.160. The molecule has 1 N–H and O–H groups in total. The predicted octanol–water partition coefficient (Wildman–Crippen LogP) is 1.99. The Morgan fingerprint density at radius 1 is 1.32 bits per heavy atom. The van der Waals surface area contributed by atoms with Crippen molar-refractivity contribution in [1.82, 2.24) is 19.7 Å². The largest absolute Gasteiger partial charge is 0.336 e. The molecular formula is C16H21N5O. The molecule has 1 aliphatic rings. The zero-order valence-corrected chi connectivity index (χ0v) is 13.2. The zero-order valence-electron chi connectivity index (χ0n) is 13.2. The maximum Gasteiger partial charge on any atom is 0.290 e. The van der Waals surface area contributed by atoms with Crippen molar-refractivity contribution in [2.75, 3.05) is 18.9 Å². The van der Waals surface area contributed by atoms with Crippen molar-refractivity contribution < 1.29 is 0 Å². The number of aromatic nitrogens is 3. The molecule has 22 heavy (non-hydrogen) atoms. The lowest BCUT2D eigenvalue weighted by Gasteiger charge is -2.19. The molecule has 0 aliphatic carbocycles. The summed E-state index contributed by atoms with van der Waals surface area (Å²) in [6, 6.07) is 6.21. The molecule has 0 aromatic carbocycles. The van der Waals surface area contributed by atoms with E-state index < -0.39 is 0 Å². The van der Waals surface area contributed by atoms with Gasteiger partial charge >= 0.3 is 0 Å². The van der Waals surface area contributed by atoms with Crippen LogP contribution in [0.1, 0.15) is 30.1 Å². The van der Waals surface area contributed by atoms with Crippen LogP contribution in [0.4, 0.5) is 11.5 Å². The van der Waals surface area contributed by atoms with Crippen LogP contribution in [0, 0.1) is 6.92 Å². The van der Waals surface area contributed by atoms with Crippen LogP contribution in [0.15, 0.2) is 29.2 Å². The lowest BCUT2D eigenvalue weighted by Crippen LogP contribution is -2.23. The van der Waals surface area contributed by atoms with Crippen LogP contribution in [0.25, 0.3) is 0 Å². The molecule has 3 rings (SSSR count). The molecule has 2 aromatic rings. The van der Waals surface area contributed by atoms with Crippen LogP contribution in [-0.4, -0.2) is 33.3 Å². The summed E-state index contributed by atoms with van der Waals surface area (Å²) in [6.45, 7) is 2.99. The van der Waals surface area contributed by atoms with Gasteiger partial charge in [-0.2, -0.15) is 5.10 Å². The van der Waals surface area contributed by atoms with Crippen LogP contribution < -0.4 is 10.9 Å². The molecule has 6 nitrogen and oxygen atoms in total. The first-order valence-electron chi connectivity index (χ1n) is 7.53. The van der Waals surface area contributed by atoms with E-state index in [9.17, 15) is 4.79 Å². The fraction of sp³-hybridized carbons (Fsp3) is 0.438. The van der Waals surface area contributed by atoms with Gasteiger partial charge < -0.3 is 5.32 Å². The van der Waals surface area contributed by atoms with E-state index in [0.717, 1.165) is 12.2 Å². The second-order valence-electron chi connectivity index (χ2n) is 5.87. The van der Waals surface area contributed by atoms with E-state index in [-0.39, 0.29) is 5.56 Å². The standard InChI is InChI=1S/C16H21N5O/c1-11-9-13(16(22)21(3)19-11)18-15-7-6-12(10-17-15)14-5-4-8-20(14)2/h6-7,9-10,14H,4-5,8H2,1-3H3,(H,17,18). The Hall–Kier alpha value is -2.21. The summed E-state index contributed by atoms with van der Waals surface area (Å²) >= 11 is 0. The van der Waals surface area contributed by atoms with Crippen molar-refractivity contribution in [3.05, 3.63) is 46.0 Å². The fourth-order valence-electron chi connectivity index (χ4n) is 2.99. The molecule has 116 valence electrons. The smallest absolute Gasteiger partial charge is 0.290 e. The second-order valence-corrected chi connectivity index (χ2v) is 5.87. The Morgan fingerprint density at radius 3 is 2.77 bits per heavy atom. The van der Waals surface area contributed by atoms with Gasteiger partial charge in [0, 0.05) is 19.3 Å². The average Bonchev–Trinajstić information content (AvgIpc) is 2.91. The van der Waals surface area contributed by atoms with Gasteiger partial charge in [0.2, 0.25) is 0 Å². The van der Waals surface area contributed by atoms with Crippen molar-refractivity contribution >= 4 is 11.5 Å². The number of hydrogen-bond donors (Lipinski definition) is 1. The summed E-state index contributed by atoms with van der Waals surface area (Å²) < 4.78 is 1.33. The molecule has 2 aromatic heterocycles. The number of nitrogens with zero attached hydrogens (tertiary/aromatic N) is 4. The molecule has 1 saturated heterocycles. The number of hydrogen-bond acceptors (Lipinski definition) is 5. The molecule has 0 bridgehead atoms. The third kappa shape index (κ3) is 2.87. The number of rotatable bonds is 3. The van der Waals surface area contributed by atoms with Crippen molar-refractivity contribution in [2.24, 2.45) is 7.05 Å². The third-order valence-corrected chi connectivity index (χ3v) is 4.14. The monoisotopic (exact) mass is 299 g/mol. The maximum atomic E-state index is 12.0. The number of likely N-dealkylation sites (tertiary alicyclic amines) is 1. The summed E-state index contributed by atoms with van der Waals surface area (Å²) in [7, 11) is 3.79. The van der Waals surface area contributed by atoms with E-state index >= 15 is 0 Å². The van der Waals surface area contributed by atoms with E-state index in [4.69, 9.17) is 0 Å². The van der Waals surface area contributed by atoms with Crippen molar-refractivity contribution in [3.63, 3.8) is 0 Å². The molecule has 3 heterocycles. The minimum absolute atomic E-state index is 0.160. The molecule has 1 atom stereocenters. The van der Waals surface area contributed by atoms with Gasteiger partial charge in [-0.15, -0.1) is 0 Å². The fourth-order valence-corrected chi connectivity index (χ4v) is 2.99. The molecule has 1 unspecified atom stereocenters. The number of anilines is 2. The quantitative estimate of drug-likeness (QED) is 0.939. The Morgan fingerprint density at radius 2 is 2.14 bits per heavy atom. The van der Waals surface area contributed by atoms with Crippen LogP contribution in [0.5, 0.6) is 0 Å². The number of pyridine rings is 1. The van der Waals surface area contributed by atoms with Gasteiger partial charge in [0.25, 0.3) is 5.56 Å². The highest BCUT2D eigenvalue weighted by Crippen LogP contribution is 2.30. The van der Waals surface area contributed by atoms with Gasteiger partial charge in [-0.1, -0.05) is 6.07 Å². The van der Waals surface area contributed by atoms with Crippen molar-refractivity contribution in [3.8, 4) is 0 Å². The highest BCUT2D eigenvalue weighted by molar-refractivity contribution is 5.55. The molecule has 0 radical (unpaired) electrons. The van der Waals surface area contributed by atoms with Gasteiger partial charge in [-0.25, -0.2) is 9.67 Å². The maximum absolute atomic E-state index is 12.0. The lowest BCUT2D eigenvalue weighted by atomic mass is 10.1. The van der Waals surface area contributed by atoms with Crippen LogP contribution in [-0.2, 0) is 7.05 Å². The summed E-state index contributed by atoms with van der Waals surface area (Å²) in [5.41, 5.74) is 2.35. The van der Waals surface area contributed by atoms with Gasteiger partial charge in [0.1, 0.15) is 11.5 Å². The van der Waals surface area contributed by atoms with Crippen LogP contribution in [0.2, 0.25) is 0 Å². The van der Waals surface area contributed by atoms with Crippen molar-refractivity contribution in [2.45, 2.75) is 25.8 Å². The highest BCUT2D eigenvalue weighted by Gasteiger charge is 2.22. The Bertz CT molecular complexity index is 722. The van der Waals surface area contributed by atoms with E-state index in [1.54, 1.807) is 13.1 Å². The second kappa shape index (κ2) is 5.88. The van der Waals surface area contributed by atoms with Gasteiger partial charge in [-0.3, -0.25) is 9.69 Å². The van der Waals surface area contributed by atoms with Gasteiger partial charge in [0.15, 0.2) is 0 Å². The van der Waals surface area contributed by atoms with Crippen molar-refractivity contribution in [1.29, 1.82) is 0 Å². The first-order valence-corrected chi connectivity index (χ1v) is 7.53. The predicted molar refractivity (Wildman–Crippen MR) is 86.3 cm³/mol. The average molecular weight is 299 g/mol. The summed E-state index contributed by atoms with van der Waals surface area (Å²) in [4.78, 5) is 18.8. The Labute approximate surface area is 129 Å². The zero-order chi connectivity index (χ0) is 15.7. The first kappa shape index (κ1) is 14.7. The molecule has 0 saturated carbocycles. The number of nitrogens with one attached hydrogen (secondary N) is 1. The summed E-state index contributed by atoms with van der Waals surface area (Å²) in [5, 5.41) is 7.17. The Kier molecular flexibility index (Phi) is 3.94. The molecule has 0 amide bonds. The van der Waals surface area contributed by atoms with E-state index in [1.165, 1.54) is 23.1 Å². The van der Waals surface area contributed by atoms with Crippen LogP contribution in [0.3, 0.4) is 0 Å². The SMILES string of the molecule is Cc1cc(Nc2ccc(C3CCCN3C)cn2)c(=O)n(C)n1. The normalized spacial score (nSPS) is 18.6.